The van der Waals surface area contributed by atoms with Crippen molar-refractivity contribution in [2.45, 2.75) is 225 Å². The minimum absolute atomic E-state index is 0.602. The first-order chi connectivity index (χ1) is 38.6. The van der Waals surface area contributed by atoms with Crippen LogP contribution in [0.15, 0.2) is 0 Å². The van der Waals surface area contributed by atoms with Gasteiger partial charge in [-0.1, -0.05) is 0 Å². The lowest BCUT2D eigenvalue weighted by molar-refractivity contribution is -0.365. The Morgan fingerprint density at radius 2 is 0.829 bits per heavy atom. The Morgan fingerprint density at radius 3 is 1.23 bits per heavy atom. The largest absolute Gasteiger partial charge is 0.463 e. The van der Waals surface area contributed by atoms with Crippen molar-refractivity contribution in [3.05, 3.63) is 0 Å². The van der Waals surface area contributed by atoms with Gasteiger partial charge in [-0.25, -0.2) is 0 Å². The standard InChI is InChI=1S/C47H79N5O30/c1-13-29(61)36(68)41(70-7)47(73-13)72-12-23-37(35(67)25(42(69)74-23)49-14(2)56)79-44-27(51-16(4)58)39(32(64)20(9-54)75-44)81-46-28(52-17(5)59)40(33(65)21(10-55)77-46)82-45-26(50-15(3)57)38(31(63)19(8-53)76-45)80-43-24(48)34(66)30(62)22(78-43)11-71-18(6)60/h13,19-47,53-55,61-69H,8-12,48H2,1-7H3,(H,49,56)(H,50,57)(H,51,58)(H,52,59)/t13-,19+,20+,21+,22+,23+,24+,25+,26+,27+,28+,29+,30+,31+,32+,33+,34+,35+,36+,37+,38+,39+,40+,41-,42+,43-,44-,45-,46-,47+/m0/s1. The highest BCUT2D eigenvalue weighted by Crippen LogP contribution is 2.37. The van der Waals surface area contributed by atoms with Gasteiger partial charge in [0.05, 0.1) is 38.6 Å². The summed E-state index contributed by atoms with van der Waals surface area (Å²) in [5, 5.41) is 143. The van der Waals surface area contributed by atoms with Gasteiger partial charge in [0.25, 0.3) is 0 Å². The third-order valence-corrected chi connectivity index (χ3v) is 14.6. The van der Waals surface area contributed by atoms with Gasteiger partial charge in [-0.15, -0.1) is 0 Å². The maximum atomic E-state index is 13.1. The van der Waals surface area contributed by atoms with Gasteiger partial charge in [0.1, 0.15) is 141 Å². The lowest BCUT2D eigenvalue weighted by atomic mass is 9.92. The summed E-state index contributed by atoms with van der Waals surface area (Å²) < 4.78 is 76.6. The van der Waals surface area contributed by atoms with E-state index < -0.39 is 247 Å². The summed E-state index contributed by atoms with van der Waals surface area (Å²) >= 11 is 0. The van der Waals surface area contributed by atoms with Crippen molar-refractivity contribution in [3.63, 3.8) is 0 Å². The van der Waals surface area contributed by atoms with E-state index in [4.69, 9.17) is 67.3 Å². The van der Waals surface area contributed by atoms with E-state index in [2.05, 4.69) is 21.3 Å². The Morgan fingerprint density at radius 1 is 0.427 bits per heavy atom. The number of hydrogen-bond donors (Lipinski definition) is 17. The molecule has 35 nitrogen and oxygen atoms in total. The van der Waals surface area contributed by atoms with Crippen LogP contribution in [0.2, 0.25) is 0 Å². The molecule has 6 fully saturated rings. The van der Waals surface area contributed by atoms with Crippen LogP contribution < -0.4 is 27.0 Å². The Balaban J connectivity index is 1.34. The van der Waals surface area contributed by atoms with Gasteiger partial charge in [-0.3, -0.25) is 24.0 Å². The summed E-state index contributed by atoms with van der Waals surface area (Å²) in [5.41, 5.74) is 6.20. The molecule has 0 radical (unpaired) electrons. The van der Waals surface area contributed by atoms with Crippen molar-refractivity contribution < 1.29 is 147 Å². The summed E-state index contributed by atoms with van der Waals surface area (Å²) in [6.45, 7) is 2.37. The smallest absolute Gasteiger partial charge is 0.302 e. The number of ether oxygens (including phenoxy) is 13. The van der Waals surface area contributed by atoms with Crippen molar-refractivity contribution >= 4 is 29.6 Å². The minimum atomic E-state index is -2.02. The van der Waals surface area contributed by atoms with E-state index in [1.807, 2.05) is 0 Å². The molecular weight excluding hydrogens is 1110 g/mol. The van der Waals surface area contributed by atoms with E-state index in [1.54, 1.807) is 0 Å². The fraction of sp³-hybridized carbons (Fsp3) is 0.894. The maximum Gasteiger partial charge on any atom is 0.302 e. The van der Waals surface area contributed by atoms with Gasteiger partial charge >= 0.3 is 5.97 Å². The quantitative estimate of drug-likeness (QED) is 0.0475. The monoisotopic (exact) mass is 1190 g/mol. The van der Waals surface area contributed by atoms with E-state index in [-0.39, 0.29) is 0 Å². The number of nitrogens with one attached hydrogen (secondary N) is 4. The predicted octanol–water partition coefficient (Wildman–Crippen LogP) is -11.3. The van der Waals surface area contributed by atoms with Crippen molar-refractivity contribution in [2.24, 2.45) is 5.73 Å². The third-order valence-electron chi connectivity index (χ3n) is 14.6. The molecule has 6 aliphatic heterocycles. The number of aliphatic hydroxyl groups excluding tert-OH is 12. The Hall–Kier alpha value is -3.65. The van der Waals surface area contributed by atoms with Crippen molar-refractivity contribution in [2.75, 3.05) is 40.1 Å². The van der Waals surface area contributed by atoms with Crippen LogP contribution in [0.4, 0.5) is 0 Å². The highest BCUT2D eigenvalue weighted by atomic mass is 16.8. The van der Waals surface area contributed by atoms with E-state index >= 15 is 0 Å². The number of aliphatic hydroxyl groups is 12. The Bertz CT molecular complexity index is 2110. The molecule has 18 N–H and O–H groups in total. The van der Waals surface area contributed by atoms with Gasteiger partial charge < -0.3 is 150 Å². The van der Waals surface area contributed by atoms with Crippen LogP contribution in [0.25, 0.3) is 0 Å². The summed E-state index contributed by atoms with van der Waals surface area (Å²) in [6.07, 6.45) is -43.2. The topological polar surface area (TPSA) is 522 Å². The van der Waals surface area contributed by atoms with E-state index in [0.29, 0.717) is 0 Å². The molecule has 4 amide bonds. The number of carbonyl (C=O) groups is 5. The molecule has 0 aromatic heterocycles. The average Bonchev–Trinajstić information content (AvgIpc) is 3.50. The second-order valence-electron chi connectivity index (χ2n) is 20.6. The number of esters is 1. The third kappa shape index (κ3) is 15.7. The highest BCUT2D eigenvalue weighted by Gasteiger charge is 2.58. The second-order valence-corrected chi connectivity index (χ2v) is 20.6. The SMILES string of the molecule is CO[C@@H]1[C@H](OC[C@H]2O[C@@H](O)[C@H](NC(C)=O)[C@@H](O)[C@@H]2O[C@@H]2O[C@H](CO)[C@@H](O)[C@H](O[C@@H]3O[C@H](CO)[C@@H](O)[C@H](O[C@@H]4O[C@H](CO)[C@@H](O)[C@H](O[C@@H]5O[C@H](COC(C)=O)[C@@H](O)[C@H](O)[C@H]5N)[C@H]4NC(C)=O)[C@H]3NC(C)=O)[C@H]2NC(C)=O)O[C@@H](C)[C@@H](O)[C@H]1O. The molecule has 35 heteroatoms. The summed E-state index contributed by atoms with van der Waals surface area (Å²) in [7, 11) is 1.20. The number of carbonyl (C=O) groups excluding carboxylic acids is 5. The van der Waals surface area contributed by atoms with Gasteiger partial charge in [0, 0.05) is 41.7 Å². The van der Waals surface area contributed by atoms with Crippen LogP contribution in [0.1, 0.15) is 41.5 Å². The molecule has 0 aromatic carbocycles. The van der Waals surface area contributed by atoms with Gasteiger partial charge in [0.2, 0.25) is 23.6 Å². The fourth-order valence-electron chi connectivity index (χ4n) is 10.4. The first kappa shape index (κ1) is 67.5. The van der Waals surface area contributed by atoms with Crippen LogP contribution in [0.5, 0.6) is 0 Å². The normalized spacial score (nSPS) is 45.3. The summed E-state index contributed by atoms with van der Waals surface area (Å²) in [6, 6.07) is -8.51. The van der Waals surface area contributed by atoms with Crippen LogP contribution in [-0.4, -0.2) is 315 Å². The minimum Gasteiger partial charge on any atom is -0.463 e. The van der Waals surface area contributed by atoms with Gasteiger partial charge in [-0.05, 0) is 6.92 Å². The van der Waals surface area contributed by atoms with Crippen LogP contribution in [0, 0.1) is 0 Å². The highest BCUT2D eigenvalue weighted by molar-refractivity contribution is 5.74. The molecule has 6 rings (SSSR count). The number of methoxy groups -OCH3 is 1. The first-order valence-electron chi connectivity index (χ1n) is 26.3. The van der Waals surface area contributed by atoms with Crippen molar-refractivity contribution in [3.8, 4) is 0 Å². The molecule has 6 aliphatic rings. The van der Waals surface area contributed by atoms with Crippen molar-refractivity contribution in [1.29, 1.82) is 0 Å². The molecule has 0 saturated carbocycles. The molecule has 0 spiro atoms. The zero-order valence-corrected chi connectivity index (χ0v) is 45.6. The summed E-state index contributed by atoms with van der Waals surface area (Å²) in [4.78, 5) is 63.1. The van der Waals surface area contributed by atoms with Crippen molar-refractivity contribution in [1.82, 2.24) is 21.3 Å². The molecular formula is C47H79N5O30. The first-order valence-corrected chi connectivity index (χ1v) is 26.3. The summed E-state index contributed by atoms with van der Waals surface area (Å²) in [5.74, 6) is -4.06. The molecule has 82 heavy (non-hydrogen) atoms. The second kappa shape index (κ2) is 29.6. The van der Waals surface area contributed by atoms with Crippen LogP contribution in [0.3, 0.4) is 0 Å². The lowest BCUT2D eigenvalue weighted by Crippen LogP contribution is -2.73. The number of rotatable bonds is 21. The lowest BCUT2D eigenvalue weighted by Gasteiger charge is -2.52. The predicted molar refractivity (Wildman–Crippen MR) is 260 cm³/mol. The molecule has 472 valence electrons. The molecule has 6 saturated heterocycles. The molecule has 0 aliphatic carbocycles. The van der Waals surface area contributed by atoms with E-state index in [0.717, 1.165) is 34.6 Å². The number of amides is 4. The number of nitrogens with two attached hydrogens (primary N) is 1. The average molecular weight is 1190 g/mol. The van der Waals surface area contributed by atoms with E-state index in [9.17, 15) is 85.3 Å². The van der Waals surface area contributed by atoms with Gasteiger partial charge in [0.15, 0.2) is 37.7 Å². The van der Waals surface area contributed by atoms with E-state index in [1.165, 1.54) is 14.0 Å². The fourth-order valence-corrected chi connectivity index (χ4v) is 10.4. The molecule has 6 heterocycles. The molecule has 0 aromatic rings. The maximum absolute atomic E-state index is 13.1. The zero-order chi connectivity index (χ0) is 60.8. The molecule has 0 unspecified atom stereocenters. The number of hydrogen-bond acceptors (Lipinski definition) is 31. The Labute approximate surface area is 468 Å². The Kier molecular flexibility index (Phi) is 24.4. The molecule has 30 atom stereocenters. The zero-order valence-electron chi connectivity index (χ0n) is 45.6. The van der Waals surface area contributed by atoms with Crippen LogP contribution in [-0.2, 0) is 85.6 Å². The van der Waals surface area contributed by atoms with Crippen LogP contribution >= 0.6 is 0 Å². The molecule has 0 bridgehead atoms. The van der Waals surface area contributed by atoms with Gasteiger partial charge in [-0.2, -0.15) is 0 Å².